The topological polar surface area (TPSA) is 43.4 Å². The second-order valence-corrected chi connectivity index (χ2v) is 7.56. The molecule has 1 aromatic carbocycles. The van der Waals surface area contributed by atoms with Crippen molar-refractivity contribution in [2.75, 3.05) is 19.6 Å². The average molecular weight is 322 g/mol. The molecule has 0 saturated carbocycles. The second kappa shape index (κ2) is 8.80. The van der Waals surface area contributed by atoms with Crippen molar-refractivity contribution in [3.63, 3.8) is 0 Å². The van der Waals surface area contributed by atoms with Gasteiger partial charge in [0, 0.05) is 12.3 Å². The van der Waals surface area contributed by atoms with Crippen LogP contribution in [0.25, 0.3) is 0 Å². The molecular weight excluding hydrogens is 294 g/mol. The number of hydrogen-bond acceptors (Lipinski definition) is 3. The Kier molecular flexibility index (Phi) is 7.06. The van der Waals surface area contributed by atoms with Crippen LogP contribution in [0.4, 0.5) is 0 Å². The predicted octanol–water partition coefficient (Wildman–Crippen LogP) is 3.68. The van der Waals surface area contributed by atoms with Gasteiger partial charge in [-0.25, -0.2) is 0 Å². The zero-order chi connectivity index (χ0) is 15.9. The third-order valence-electron chi connectivity index (χ3n) is 4.65. The van der Waals surface area contributed by atoms with Crippen LogP contribution in [0.2, 0.25) is 0 Å². The fourth-order valence-corrected chi connectivity index (χ4v) is 4.00. The van der Waals surface area contributed by atoms with E-state index >= 15 is 0 Å². The van der Waals surface area contributed by atoms with Crippen molar-refractivity contribution in [1.82, 2.24) is 4.90 Å². The van der Waals surface area contributed by atoms with E-state index in [1.165, 1.54) is 37.8 Å². The van der Waals surface area contributed by atoms with E-state index in [1.54, 1.807) is 0 Å². The molecule has 1 fully saturated rings. The van der Waals surface area contributed by atoms with Gasteiger partial charge in [-0.3, -0.25) is 4.21 Å². The summed E-state index contributed by atoms with van der Waals surface area (Å²) in [5.74, 6) is 1.50. The Bertz CT molecular complexity index is 484. The summed E-state index contributed by atoms with van der Waals surface area (Å²) >= 11 is -2.00. The van der Waals surface area contributed by atoms with Gasteiger partial charge in [0.2, 0.25) is 0 Å². The molecule has 0 aromatic heterocycles. The first-order valence-corrected chi connectivity index (χ1v) is 9.70. The first kappa shape index (κ1) is 17.6. The first-order chi connectivity index (χ1) is 10.6. The number of piperidine rings is 1. The van der Waals surface area contributed by atoms with Crippen molar-refractivity contribution in [2.24, 2.45) is 5.92 Å². The highest BCUT2D eigenvalue weighted by molar-refractivity contribution is 7.78. The van der Waals surface area contributed by atoms with Crippen LogP contribution >= 0.6 is 0 Å². The van der Waals surface area contributed by atoms with Crippen LogP contribution in [0.1, 0.15) is 56.6 Å². The van der Waals surface area contributed by atoms with Gasteiger partial charge in [-0.15, -0.1) is 0 Å². The van der Waals surface area contributed by atoms with E-state index in [-0.39, 0.29) is 5.75 Å². The summed E-state index contributed by atoms with van der Waals surface area (Å²) in [4.78, 5) is 2.59. The van der Waals surface area contributed by atoms with E-state index in [4.69, 9.17) is 0 Å². The minimum atomic E-state index is -2.00. The zero-order valence-electron chi connectivity index (χ0n) is 13.8. The van der Waals surface area contributed by atoms with Gasteiger partial charge in [0.05, 0.1) is 0 Å². The van der Waals surface area contributed by atoms with Crippen molar-refractivity contribution >= 4 is 11.1 Å². The van der Waals surface area contributed by atoms with E-state index in [0.29, 0.717) is 5.92 Å². The van der Waals surface area contributed by atoms with Gasteiger partial charge in [-0.1, -0.05) is 55.6 Å². The molecule has 0 N–H and O–H groups in total. The minimum Gasteiger partial charge on any atom is -0.772 e. The molecule has 1 heterocycles. The number of hydrogen-bond donors (Lipinski definition) is 0. The molecule has 1 aliphatic heterocycles. The van der Waals surface area contributed by atoms with E-state index in [1.807, 2.05) is 12.1 Å². The van der Waals surface area contributed by atoms with E-state index in [0.717, 1.165) is 24.6 Å². The van der Waals surface area contributed by atoms with Crippen molar-refractivity contribution in [2.45, 2.75) is 51.2 Å². The van der Waals surface area contributed by atoms with Crippen molar-refractivity contribution in [1.29, 1.82) is 0 Å². The Morgan fingerprint density at radius 3 is 2.73 bits per heavy atom. The highest BCUT2D eigenvalue weighted by Crippen LogP contribution is 2.29. The third kappa shape index (κ3) is 5.49. The Morgan fingerprint density at radius 2 is 2.09 bits per heavy atom. The van der Waals surface area contributed by atoms with Gasteiger partial charge in [-0.2, -0.15) is 0 Å². The largest absolute Gasteiger partial charge is 0.772 e. The quantitative estimate of drug-likeness (QED) is 0.719. The maximum atomic E-state index is 10.8. The van der Waals surface area contributed by atoms with Gasteiger partial charge in [0.1, 0.15) is 0 Å². The van der Waals surface area contributed by atoms with Gasteiger partial charge in [0.25, 0.3) is 0 Å². The standard InChI is InChI=1S/C18H29NO2S/c1-3-5-15(2)13-19-10-8-17(9-11-19)18-7-4-6-16(12-18)14-22(20)21/h4,6-7,12,15,17H,3,5,8-11,13-14H2,1-2H3,(H,20,21)/p-1. The first-order valence-electron chi connectivity index (χ1n) is 8.45. The van der Waals surface area contributed by atoms with Gasteiger partial charge in [-0.05, 0) is 55.3 Å². The summed E-state index contributed by atoms with van der Waals surface area (Å²) in [6.07, 6.45) is 4.95. The molecule has 3 nitrogen and oxygen atoms in total. The normalized spacial score (nSPS) is 20.0. The number of benzene rings is 1. The third-order valence-corrected chi connectivity index (χ3v) is 5.21. The van der Waals surface area contributed by atoms with Gasteiger partial charge >= 0.3 is 0 Å². The lowest BCUT2D eigenvalue weighted by Gasteiger charge is -2.34. The van der Waals surface area contributed by atoms with Crippen LogP contribution in [-0.4, -0.2) is 33.3 Å². The van der Waals surface area contributed by atoms with E-state index in [2.05, 4.69) is 30.9 Å². The number of nitrogens with zero attached hydrogens (tertiary/aromatic N) is 1. The van der Waals surface area contributed by atoms with Crippen molar-refractivity contribution in [3.05, 3.63) is 35.4 Å². The lowest BCUT2D eigenvalue weighted by atomic mass is 9.88. The molecule has 0 amide bonds. The summed E-state index contributed by atoms with van der Waals surface area (Å²) in [5, 5.41) is 0. The fourth-order valence-electron chi connectivity index (χ4n) is 3.55. The SMILES string of the molecule is CCCC(C)CN1CCC(c2cccc(CS(=O)[O-])c2)CC1. The molecule has 4 heteroatoms. The average Bonchev–Trinajstić information content (AvgIpc) is 2.48. The van der Waals surface area contributed by atoms with Crippen LogP contribution in [-0.2, 0) is 16.8 Å². The van der Waals surface area contributed by atoms with Gasteiger partial charge < -0.3 is 9.45 Å². The molecular formula is C18H28NO2S-. The Balaban J connectivity index is 1.87. The smallest absolute Gasteiger partial charge is 0.0353 e. The van der Waals surface area contributed by atoms with Crippen LogP contribution in [0, 0.1) is 5.92 Å². The highest BCUT2D eigenvalue weighted by atomic mass is 32.2. The maximum Gasteiger partial charge on any atom is 0.0353 e. The highest BCUT2D eigenvalue weighted by Gasteiger charge is 2.21. The molecule has 0 bridgehead atoms. The number of likely N-dealkylation sites (tertiary alicyclic amines) is 1. The molecule has 1 saturated heterocycles. The van der Waals surface area contributed by atoms with E-state index < -0.39 is 11.1 Å². The molecule has 1 aromatic rings. The maximum absolute atomic E-state index is 10.8. The van der Waals surface area contributed by atoms with Crippen LogP contribution in [0.3, 0.4) is 0 Å². The molecule has 1 aliphatic rings. The zero-order valence-corrected chi connectivity index (χ0v) is 14.6. The van der Waals surface area contributed by atoms with E-state index in [9.17, 15) is 8.76 Å². The summed E-state index contributed by atoms with van der Waals surface area (Å²) < 4.78 is 21.7. The second-order valence-electron chi connectivity index (χ2n) is 6.66. The molecule has 2 unspecified atom stereocenters. The van der Waals surface area contributed by atoms with Crippen LogP contribution in [0.15, 0.2) is 24.3 Å². The molecule has 124 valence electrons. The minimum absolute atomic E-state index is 0.126. The molecule has 2 rings (SSSR count). The molecule has 0 spiro atoms. The van der Waals surface area contributed by atoms with Crippen molar-refractivity contribution in [3.8, 4) is 0 Å². The number of rotatable bonds is 7. The predicted molar refractivity (Wildman–Crippen MR) is 91.6 cm³/mol. The molecule has 0 radical (unpaired) electrons. The van der Waals surface area contributed by atoms with Gasteiger partial charge in [0.15, 0.2) is 0 Å². The summed E-state index contributed by atoms with van der Waals surface area (Å²) in [6.45, 7) is 8.15. The Hall–Kier alpha value is -0.710. The molecule has 22 heavy (non-hydrogen) atoms. The van der Waals surface area contributed by atoms with Crippen molar-refractivity contribution < 1.29 is 8.76 Å². The van der Waals surface area contributed by atoms with Crippen LogP contribution in [0.5, 0.6) is 0 Å². The van der Waals surface area contributed by atoms with Crippen LogP contribution < -0.4 is 0 Å². The monoisotopic (exact) mass is 322 g/mol. The lowest BCUT2D eigenvalue weighted by Crippen LogP contribution is -2.36. The Labute approximate surface area is 137 Å². The Morgan fingerprint density at radius 1 is 1.36 bits per heavy atom. The molecule has 2 atom stereocenters. The summed E-state index contributed by atoms with van der Waals surface area (Å²) in [6, 6.07) is 8.13. The lowest BCUT2D eigenvalue weighted by molar-refractivity contribution is 0.183. The summed E-state index contributed by atoms with van der Waals surface area (Å²) in [7, 11) is 0. The molecule has 0 aliphatic carbocycles. The fraction of sp³-hybridized carbons (Fsp3) is 0.667. The summed E-state index contributed by atoms with van der Waals surface area (Å²) in [5.41, 5.74) is 2.22.